The molecular weight excluding hydrogens is 318 g/mol. The van der Waals surface area contributed by atoms with Crippen LogP contribution in [0.2, 0.25) is 0 Å². The maximum atomic E-state index is 11.0. The number of nitrogens with zero attached hydrogens (tertiary/aromatic N) is 2. The highest BCUT2D eigenvalue weighted by Gasteiger charge is 2.08. The highest BCUT2D eigenvalue weighted by molar-refractivity contribution is 7.13. The summed E-state index contributed by atoms with van der Waals surface area (Å²) in [5.41, 5.74) is 10.3. The minimum absolute atomic E-state index is 0.264. The van der Waals surface area contributed by atoms with Crippen molar-refractivity contribution >= 4 is 17.2 Å². The summed E-state index contributed by atoms with van der Waals surface area (Å²) >= 11 is 1.63. The van der Waals surface area contributed by atoms with Gasteiger partial charge in [-0.2, -0.15) is 0 Å². The first-order chi connectivity index (χ1) is 11.7. The van der Waals surface area contributed by atoms with Crippen LogP contribution in [0.25, 0.3) is 21.8 Å². The Balaban J connectivity index is 1.82. The number of aryl methyl sites for hydroxylation is 1. The summed E-state index contributed by atoms with van der Waals surface area (Å²) in [6.45, 7) is 2.15. The van der Waals surface area contributed by atoms with E-state index in [1.54, 1.807) is 11.3 Å². The van der Waals surface area contributed by atoms with Crippen LogP contribution in [-0.4, -0.2) is 15.9 Å². The molecule has 2 heterocycles. The molecule has 0 fully saturated rings. The predicted octanol–water partition coefficient (Wildman–Crippen LogP) is 3.85. The molecule has 0 radical (unpaired) electrons. The lowest BCUT2D eigenvalue weighted by Crippen LogP contribution is -2.13. The molecule has 4 nitrogen and oxygen atoms in total. The fourth-order valence-electron chi connectivity index (χ4n) is 2.54. The number of pyridine rings is 1. The first-order valence-electron chi connectivity index (χ1n) is 7.94. The Kier molecular flexibility index (Phi) is 5.01. The van der Waals surface area contributed by atoms with Gasteiger partial charge in [-0.15, -0.1) is 11.3 Å². The topological polar surface area (TPSA) is 68.9 Å². The van der Waals surface area contributed by atoms with Crippen LogP contribution < -0.4 is 5.73 Å². The lowest BCUT2D eigenvalue weighted by atomic mass is 10.1. The van der Waals surface area contributed by atoms with E-state index < -0.39 is 0 Å². The summed E-state index contributed by atoms with van der Waals surface area (Å²) in [5, 5.41) is 3.05. The molecule has 5 heteroatoms. The zero-order chi connectivity index (χ0) is 16.9. The number of aromatic nitrogens is 2. The van der Waals surface area contributed by atoms with Gasteiger partial charge in [-0.3, -0.25) is 9.78 Å². The van der Waals surface area contributed by atoms with Crippen LogP contribution >= 0.6 is 11.3 Å². The van der Waals surface area contributed by atoms with Crippen molar-refractivity contribution in [1.29, 1.82) is 0 Å². The number of hydrogen-bond donors (Lipinski definition) is 1. The molecule has 1 amide bonds. The van der Waals surface area contributed by atoms with Crippen LogP contribution in [0.3, 0.4) is 0 Å². The van der Waals surface area contributed by atoms with Gasteiger partial charge in [0.05, 0.1) is 12.1 Å². The normalized spacial score (nSPS) is 10.7. The van der Waals surface area contributed by atoms with E-state index in [1.807, 2.05) is 36.5 Å². The van der Waals surface area contributed by atoms with E-state index in [0.29, 0.717) is 0 Å². The summed E-state index contributed by atoms with van der Waals surface area (Å²) in [7, 11) is 0. The number of amides is 1. The van der Waals surface area contributed by atoms with Crippen LogP contribution in [-0.2, 0) is 17.6 Å². The second kappa shape index (κ2) is 7.36. The number of carbonyl (C=O) groups excluding carboxylic acids is 1. The predicted molar refractivity (Wildman–Crippen MR) is 97.7 cm³/mol. The summed E-state index contributed by atoms with van der Waals surface area (Å²) in [6, 6.07) is 11.9. The molecule has 0 aliphatic rings. The number of carbonyl (C=O) groups is 1. The van der Waals surface area contributed by atoms with E-state index in [-0.39, 0.29) is 12.3 Å². The zero-order valence-electron chi connectivity index (χ0n) is 13.5. The summed E-state index contributed by atoms with van der Waals surface area (Å²) in [5.74, 6) is -0.320. The molecule has 0 aliphatic heterocycles. The molecule has 0 atom stereocenters. The van der Waals surface area contributed by atoms with Gasteiger partial charge in [0, 0.05) is 28.4 Å². The monoisotopic (exact) mass is 337 g/mol. The third-order valence-electron chi connectivity index (χ3n) is 3.70. The lowest BCUT2D eigenvalue weighted by Gasteiger charge is -2.01. The van der Waals surface area contributed by atoms with Crippen molar-refractivity contribution in [2.75, 3.05) is 0 Å². The van der Waals surface area contributed by atoms with Crippen molar-refractivity contribution in [3.05, 3.63) is 59.2 Å². The van der Waals surface area contributed by atoms with E-state index in [9.17, 15) is 4.79 Å². The maximum Gasteiger partial charge on any atom is 0.221 e. The summed E-state index contributed by atoms with van der Waals surface area (Å²) < 4.78 is 0. The molecule has 0 saturated carbocycles. The van der Waals surface area contributed by atoms with Gasteiger partial charge in [-0.05, 0) is 24.1 Å². The standard InChI is InChI=1S/C19H19N3OS/c1-2-3-16-11-15(8-9-21-16)19-22-17(12-24-19)14-6-4-13(5-7-14)10-18(20)23/h4-9,11-12H,2-3,10H2,1H3,(H2,20,23). The van der Waals surface area contributed by atoms with E-state index in [4.69, 9.17) is 10.7 Å². The van der Waals surface area contributed by atoms with Crippen LogP contribution in [0.5, 0.6) is 0 Å². The van der Waals surface area contributed by atoms with Crippen LogP contribution in [0.15, 0.2) is 48.0 Å². The average molecular weight is 337 g/mol. The largest absolute Gasteiger partial charge is 0.369 e. The van der Waals surface area contributed by atoms with Crippen LogP contribution in [0, 0.1) is 0 Å². The van der Waals surface area contributed by atoms with Crippen molar-refractivity contribution in [2.24, 2.45) is 5.73 Å². The quantitative estimate of drug-likeness (QED) is 0.743. The summed E-state index contributed by atoms with van der Waals surface area (Å²) in [6.07, 6.45) is 4.17. The Bertz CT molecular complexity index is 840. The van der Waals surface area contributed by atoms with Crippen molar-refractivity contribution < 1.29 is 4.79 Å². The molecule has 0 unspecified atom stereocenters. The van der Waals surface area contributed by atoms with Gasteiger partial charge in [-0.1, -0.05) is 37.6 Å². The first kappa shape index (κ1) is 16.3. The molecule has 3 rings (SSSR count). The van der Waals surface area contributed by atoms with E-state index in [0.717, 1.165) is 45.9 Å². The van der Waals surface area contributed by atoms with Crippen LogP contribution in [0.4, 0.5) is 0 Å². The zero-order valence-corrected chi connectivity index (χ0v) is 14.3. The third kappa shape index (κ3) is 3.86. The lowest BCUT2D eigenvalue weighted by molar-refractivity contribution is -0.117. The van der Waals surface area contributed by atoms with Gasteiger partial charge in [0.25, 0.3) is 0 Å². The Hall–Kier alpha value is -2.53. The second-order valence-electron chi connectivity index (χ2n) is 5.66. The number of thiazole rings is 1. The summed E-state index contributed by atoms with van der Waals surface area (Å²) in [4.78, 5) is 20.1. The SMILES string of the molecule is CCCc1cc(-c2nc(-c3ccc(CC(N)=O)cc3)cs2)ccn1. The molecule has 1 aromatic carbocycles. The number of benzene rings is 1. The van der Waals surface area contributed by atoms with Gasteiger partial charge in [0.2, 0.25) is 5.91 Å². The second-order valence-corrected chi connectivity index (χ2v) is 6.52. The molecule has 2 aromatic heterocycles. The van der Waals surface area contributed by atoms with E-state index in [2.05, 4.69) is 23.4 Å². The molecule has 0 spiro atoms. The highest BCUT2D eigenvalue weighted by atomic mass is 32.1. The van der Waals surface area contributed by atoms with Gasteiger partial charge >= 0.3 is 0 Å². The van der Waals surface area contributed by atoms with Crippen molar-refractivity contribution in [1.82, 2.24) is 9.97 Å². The molecule has 0 saturated heterocycles. The van der Waals surface area contributed by atoms with Crippen LogP contribution in [0.1, 0.15) is 24.6 Å². The Morgan fingerprint density at radius 1 is 1.17 bits per heavy atom. The Labute approximate surface area is 145 Å². The van der Waals surface area contributed by atoms with Crippen molar-refractivity contribution in [2.45, 2.75) is 26.2 Å². The fraction of sp³-hybridized carbons (Fsp3) is 0.211. The molecule has 3 aromatic rings. The molecule has 2 N–H and O–H groups in total. The average Bonchev–Trinajstić information content (AvgIpc) is 3.06. The fourth-order valence-corrected chi connectivity index (χ4v) is 3.36. The molecule has 122 valence electrons. The smallest absolute Gasteiger partial charge is 0.221 e. The van der Waals surface area contributed by atoms with Gasteiger partial charge in [0.15, 0.2) is 0 Å². The maximum absolute atomic E-state index is 11.0. The van der Waals surface area contributed by atoms with E-state index >= 15 is 0 Å². The van der Waals surface area contributed by atoms with Gasteiger partial charge in [-0.25, -0.2) is 4.98 Å². The first-order valence-corrected chi connectivity index (χ1v) is 8.82. The van der Waals surface area contributed by atoms with Crippen molar-refractivity contribution in [3.63, 3.8) is 0 Å². The molecule has 24 heavy (non-hydrogen) atoms. The third-order valence-corrected chi connectivity index (χ3v) is 4.59. The van der Waals surface area contributed by atoms with Crippen molar-refractivity contribution in [3.8, 4) is 21.8 Å². The minimum Gasteiger partial charge on any atom is -0.369 e. The number of hydrogen-bond acceptors (Lipinski definition) is 4. The molecular formula is C19H19N3OS. The Morgan fingerprint density at radius 3 is 2.67 bits per heavy atom. The molecule has 0 aliphatic carbocycles. The number of nitrogens with two attached hydrogens (primary N) is 1. The van der Waals surface area contributed by atoms with Gasteiger partial charge < -0.3 is 5.73 Å². The number of rotatable bonds is 6. The highest BCUT2D eigenvalue weighted by Crippen LogP contribution is 2.29. The Morgan fingerprint density at radius 2 is 1.96 bits per heavy atom. The van der Waals surface area contributed by atoms with Gasteiger partial charge in [0.1, 0.15) is 5.01 Å². The number of primary amides is 1. The minimum atomic E-state index is -0.320. The van der Waals surface area contributed by atoms with E-state index in [1.165, 1.54) is 0 Å². The molecule has 0 bridgehead atoms.